The van der Waals surface area contributed by atoms with Gasteiger partial charge >= 0.3 is 6.03 Å². The molecular weight excluding hydrogens is 336 g/mol. The number of rotatable bonds is 7. The van der Waals surface area contributed by atoms with Crippen molar-refractivity contribution >= 4 is 33.4 Å². The lowest BCUT2D eigenvalue weighted by Crippen LogP contribution is -2.41. The number of aromatic nitrogens is 2. The average Bonchev–Trinajstić information content (AvgIpc) is 3.22. The minimum atomic E-state index is -0.366. The predicted molar refractivity (Wildman–Crippen MR) is 101 cm³/mol. The molecule has 7 heteroatoms. The number of carbonyl (C=O) groups is 1. The van der Waals surface area contributed by atoms with Gasteiger partial charge in [-0.15, -0.1) is 11.3 Å². The Morgan fingerprint density at radius 3 is 3.04 bits per heavy atom. The van der Waals surface area contributed by atoms with Crippen LogP contribution in [0, 0.1) is 0 Å². The van der Waals surface area contributed by atoms with E-state index in [9.17, 15) is 9.90 Å². The highest BCUT2D eigenvalue weighted by molar-refractivity contribution is 7.15. The Morgan fingerprint density at radius 1 is 1.40 bits per heavy atom. The highest BCUT2D eigenvalue weighted by Crippen LogP contribution is 2.20. The first-order chi connectivity index (χ1) is 12.2. The minimum absolute atomic E-state index is 0.133. The average molecular weight is 358 g/mol. The molecule has 0 bridgehead atoms. The molecule has 0 radical (unpaired) electrons. The van der Waals surface area contributed by atoms with Gasteiger partial charge < -0.3 is 15.4 Å². The molecule has 0 aliphatic heterocycles. The lowest BCUT2D eigenvalue weighted by molar-refractivity contribution is 0.224. The number of fused-ring (bicyclic) bond motifs is 1. The number of nitrogens with zero attached hydrogens (tertiary/aromatic N) is 1. The van der Waals surface area contributed by atoms with Crippen LogP contribution in [0.5, 0.6) is 0 Å². The summed E-state index contributed by atoms with van der Waals surface area (Å²) in [4.78, 5) is 20.7. The topological polar surface area (TPSA) is 90.0 Å². The zero-order chi connectivity index (χ0) is 17.6. The van der Waals surface area contributed by atoms with E-state index in [1.54, 1.807) is 6.20 Å². The van der Waals surface area contributed by atoms with Crippen LogP contribution in [0.15, 0.2) is 36.7 Å². The lowest BCUT2D eigenvalue weighted by atomic mass is 10.1. The van der Waals surface area contributed by atoms with Crippen molar-refractivity contribution in [3.05, 3.63) is 47.1 Å². The molecule has 0 saturated carbocycles. The van der Waals surface area contributed by atoms with Crippen LogP contribution in [0.2, 0.25) is 0 Å². The second-order valence-corrected chi connectivity index (χ2v) is 7.04. The minimum Gasteiger partial charge on any atom is -0.394 e. The molecular formula is C18H22N4O2S. The number of carbonyl (C=O) groups excluding carboxylic acids is 1. The van der Waals surface area contributed by atoms with E-state index < -0.39 is 0 Å². The molecule has 132 valence electrons. The van der Waals surface area contributed by atoms with Crippen LogP contribution < -0.4 is 10.6 Å². The standard InChI is InChI=1S/C18H22N4O2S/c1-2-5-14-10-20-18(25-14)22-17(24)21-13(11-23)8-12-9-19-16-7-4-3-6-15(12)16/h3-4,6-7,9-10,13,19,23H,2,5,8,11H2,1H3,(H2,20,21,22,24)/t13-/m0/s1. The summed E-state index contributed by atoms with van der Waals surface area (Å²) in [6, 6.07) is 7.26. The summed E-state index contributed by atoms with van der Waals surface area (Å²) >= 11 is 1.48. The molecule has 6 nitrogen and oxygen atoms in total. The summed E-state index contributed by atoms with van der Waals surface area (Å²) in [6.45, 7) is 1.97. The maximum Gasteiger partial charge on any atom is 0.321 e. The Labute approximate surface area is 150 Å². The van der Waals surface area contributed by atoms with Gasteiger partial charge in [-0.1, -0.05) is 31.5 Å². The number of hydrogen-bond donors (Lipinski definition) is 4. The number of aromatic amines is 1. The number of aliphatic hydroxyl groups excluding tert-OH is 1. The molecule has 3 rings (SSSR count). The maximum atomic E-state index is 12.2. The van der Waals surface area contributed by atoms with Crippen LogP contribution in [-0.4, -0.2) is 33.8 Å². The number of urea groups is 1. The Kier molecular flexibility index (Phi) is 5.67. The maximum absolute atomic E-state index is 12.2. The third-order valence-electron chi connectivity index (χ3n) is 3.97. The summed E-state index contributed by atoms with van der Waals surface area (Å²) in [5, 5.41) is 16.9. The van der Waals surface area contributed by atoms with Crippen molar-refractivity contribution in [1.29, 1.82) is 0 Å². The van der Waals surface area contributed by atoms with E-state index in [0.29, 0.717) is 11.6 Å². The first-order valence-corrected chi connectivity index (χ1v) is 9.19. The van der Waals surface area contributed by atoms with E-state index in [2.05, 4.69) is 27.5 Å². The Balaban J connectivity index is 1.60. The zero-order valence-electron chi connectivity index (χ0n) is 14.1. The number of anilines is 1. The second kappa shape index (κ2) is 8.13. The molecule has 2 amide bonds. The van der Waals surface area contributed by atoms with E-state index in [-0.39, 0.29) is 18.7 Å². The van der Waals surface area contributed by atoms with Crippen molar-refractivity contribution in [3.8, 4) is 0 Å². The highest BCUT2D eigenvalue weighted by Gasteiger charge is 2.15. The number of aryl methyl sites for hydroxylation is 1. The summed E-state index contributed by atoms with van der Waals surface area (Å²) < 4.78 is 0. The van der Waals surface area contributed by atoms with Gasteiger partial charge in [0.2, 0.25) is 0 Å². The second-order valence-electron chi connectivity index (χ2n) is 5.92. The predicted octanol–water partition coefficient (Wildman–Crippen LogP) is 3.30. The van der Waals surface area contributed by atoms with Gasteiger partial charge in [-0.25, -0.2) is 9.78 Å². The molecule has 0 unspecified atom stereocenters. The molecule has 0 saturated heterocycles. The zero-order valence-corrected chi connectivity index (χ0v) is 14.9. The fraction of sp³-hybridized carbons (Fsp3) is 0.333. The molecule has 1 atom stereocenters. The Morgan fingerprint density at radius 2 is 2.24 bits per heavy atom. The molecule has 0 spiro atoms. The third kappa shape index (κ3) is 4.37. The van der Waals surface area contributed by atoms with Gasteiger partial charge in [0.1, 0.15) is 0 Å². The molecule has 25 heavy (non-hydrogen) atoms. The van der Waals surface area contributed by atoms with Gasteiger partial charge in [-0.05, 0) is 24.5 Å². The number of aliphatic hydroxyl groups is 1. The van der Waals surface area contributed by atoms with Crippen LogP contribution in [0.3, 0.4) is 0 Å². The fourth-order valence-electron chi connectivity index (χ4n) is 2.77. The monoisotopic (exact) mass is 358 g/mol. The highest BCUT2D eigenvalue weighted by atomic mass is 32.1. The van der Waals surface area contributed by atoms with Gasteiger partial charge in [0.05, 0.1) is 12.6 Å². The molecule has 0 fully saturated rings. The first-order valence-electron chi connectivity index (χ1n) is 8.37. The molecule has 2 aromatic heterocycles. The third-order valence-corrected chi connectivity index (χ3v) is 4.94. The van der Waals surface area contributed by atoms with Crippen molar-refractivity contribution in [2.75, 3.05) is 11.9 Å². The molecule has 2 heterocycles. The fourth-order valence-corrected chi connectivity index (χ4v) is 3.68. The van der Waals surface area contributed by atoms with E-state index >= 15 is 0 Å². The summed E-state index contributed by atoms with van der Waals surface area (Å²) in [6.07, 6.45) is 6.27. The van der Waals surface area contributed by atoms with Crippen LogP contribution in [0.4, 0.5) is 9.93 Å². The van der Waals surface area contributed by atoms with Gasteiger partial charge in [0.25, 0.3) is 0 Å². The van der Waals surface area contributed by atoms with Crippen LogP contribution in [0.1, 0.15) is 23.8 Å². The van der Waals surface area contributed by atoms with E-state index in [4.69, 9.17) is 0 Å². The number of nitrogens with one attached hydrogen (secondary N) is 3. The van der Waals surface area contributed by atoms with Crippen molar-refractivity contribution < 1.29 is 9.90 Å². The lowest BCUT2D eigenvalue weighted by Gasteiger charge is -2.16. The molecule has 0 aliphatic rings. The number of H-pyrrole nitrogens is 1. The summed E-state index contributed by atoms with van der Waals surface area (Å²) in [5.41, 5.74) is 2.11. The van der Waals surface area contributed by atoms with E-state index in [0.717, 1.165) is 34.2 Å². The summed E-state index contributed by atoms with van der Waals surface area (Å²) in [7, 11) is 0. The smallest absolute Gasteiger partial charge is 0.321 e. The van der Waals surface area contributed by atoms with Gasteiger partial charge in [-0.3, -0.25) is 5.32 Å². The van der Waals surface area contributed by atoms with Crippen molar-refractivity contribution in [3.63, 3.8) is 0 Å². The normalized spacial score (nSPS) is 12.2. The van der Waals surface area contributed by atoms with E-state index in [1.165, 1.54) is 11.3 Å². The van der Waals surface area contributed by atoms with Gasteiger partial charge in [0.15, 0.2) is 5.13 Å². The Hall–Kier alpha value is -2.38. The molecule has 4 N–H and O–H groups in total. The molecule has 1 aromatic carbocycles. The Bertz CT molecular complexity index is 842. The van der Waals surface area contributed by atoms with Gasteiger partial charge in [0, 0.05) is 28.2 Å². The van der Waals surface area contributed by atoms with Crippen molar-refractivity contribution in [2.45, 2.75) is 32.2 Å². The number of hydrogen-bond acceptors (Lipinski definition) is 4. The first kappa shape index (κ1) is 17.4. The van der Waals surface area contributed by atoms with Crippen LogP contribution in [0.25, 0.3) is 10.9 Å². The quantitative estimate of drug-likeness (QED) is 0.522. The van der Waals surface area contributed by atoms with Gasteiger partial charge in [-0.2, -0.15) is 0 Å². The van der Waals surface area contributed by atoms with Crippen LogP contribution >= 0.6 is 11.3 Å². The summed E-state index contributed by atoms with van der Waals surface area (Å²) in [5.74, 6) is 0. The van der Waals surface area contributed by atoms with Crippen molar-refractivity contribution in [1.82, 2.24) is 15.3 Å². The SMILES string of the molecule is CCCc1cnc(NC(=O)N[C@H](CO)Cc2c[nH]c3ccccc23)s1. The largest absolute Gasteiger partial charge is 0.394 e. The number of amides is 2. The van der Waals surface area contributed by atoms with Crippen LogP contribution in [-0.2, 0) is 12.8 Å². The number of benzene rings is 1. The number of para-hydroxylation sites is 1. The van der Waals surface area contributed by atoms with Crippen molar-refractivity contribution in [2.24, 2.45) is 0 Å². The van der Waals surface area contributed by atoms with E-state index in [1.807, 2.05) is 30.5 Å². The molecule has 3 aromatic rings. The number of thiazole rings is 1. The molecule has 0 aliphatic carbocycles.